The molecule has 0 fully saturated rings. The van der Waals surface area contributed by atoms with Gasteiger partial charge in [-0.15, -0.1) is 0 Å². The Bertz CT molecular complexity index is 1100. The second-order valence-electron chi connectivity index (χ2n) is 6.14. The van der Waals surface area contributed by atoms with Crippen molar-refractivity contribution < 1.29 is 4.79 Å². The summed E-state index contributed by atoms with van der Waals surface area (Å²) in [7, 11) is 0. The highest BCUT2D eigenvalue weighted by Crippen LogP contribution is 2.23. The van der Waals surface area contributed by atoms with E-state index < -0.39 is 0 Å². The highest BCUT2D eigenvalue weighted by atomic mass is 16.1. The minimum Gasteiger partial charge on any atom is -0.317 e. The van der Waals surface area contributed by atoms with Crippen LogP contribution in [0.5, 0.6) is 0 Å². The molecule has 0 saturated heterocycles. The number of hydrogen-bond acceptors (Lipinski definition) is 3. The number of pyridine rings is 1. The molecule has 4 aromatic rings. The maximum Gasteiger partial charge on any atom is 0.274 e. The summed E-state index contributed by atoms with van der Waals surface area (Å²) in [6.45, 7) is 3.83. The van der Waals surface area contributed by atoms with Crippen molar-refractivity contribution in [2.24, 2.45) is 0 Å². The zero-order valence-electron chi connectivity index (χ0n) is 14.6. The molecule has 5 heteroatoms. The fraction of sp³-hybridized carbons (Fsp3) is 0.0952. The Morgan fingerprint density at radius 3 is 2.46 bits per heavy atom. The molecule has 0 radical (unpaired) electrons. The lowest BCUT2D eigenvalue weighted by atomic mass is 10.2. The Morgan fingerprint density at radius 2 is 1.65 bits per heavy atom. The van der Waals surface area contributed by atoms with Gasteiger partial charge in [-0.25, -0.2) is 9.67 Å². The predicted molar refractivity (Wildman–Crippen MR) is 103 cm³/mol. The SMILES string of the molecule is Cc1nn(-c2ccccc2)c(C)c1NC(=O)c1ccc2ccccc2n1. The molecule has 0 unspecified atom stereocenters. The number of nitrogens with zero attached hydrogens (tertiary/aromatic N) is 3. The van der Waals surface area contributed by atoms with Crippen LogP contribution in [-0.4, -0.2) is 20.7 Å². The van der Waals surface area contributed by atoms with Crippen LogP contribution < -0.4 is 5.32 Å². The first-order valence-corrected chi connectivity index (χ1v) is 8.42. The van der Waals surface area contributed by atoms with Crippen LogP contribution in [0.1, 0.15) is 21.9 Å². The monoisotopic (exact) mass is 342 g/mol. The van der Waals surface area contributed by atoms with E-state index in [1.54, 1.807) is 6.07 Å². The number of nitrogens with one attached hydrogen (secondary N) is 1. The number of rotatable bonds is 3. The largest absolute Gasteiger partial charge is 0.317 e. The lowest BCUT2D eigenvalue weighted by molar-refractivity contribution is 0.102. The van der Waals surface area contributed by atoms with Crippen LogP contribution in [0.25, 0.3) is 16.6 Å². The number of para-hydroxylation sites is 2. The molecule has 0 atom stereocenters. The smallest absolute Gasteiger partial charge is 0.274 e. The lowest BCUT2D eigenvalue weighted by Crippen LogP contribution is -2.14. The molecule has 0 spiro atoms. The molecule has 0 aliphatic heterocycles. The van der Waals surface area contributed by atoms with E-state index in [4.69, 9.17) is 0 Å². The van der Waals surface area contributed by atoms with Gasteiger partial charge in [-0.3, -0.25) is 4.79 Å². The molecule has 26 heavy (non-hydrogen) atoms. The van der Waals surface area contributed by atoms with Crippen molar-refractivity contribution in [2.75, 3.05) is 5.32 Å². The first-order chi connectivity index (χ1) is 12.6. The molecule has 0 saturated carbocycles. The average molecular weight is 342 g/mol. The van der Waals surface area contributed by atoms with Gasteiger partial charge in [0.25, 0.3) is 5.91 Å². The summed E-state index contributed by atoms with van der Waals surface area (Å²) in [5, 5.41) is 8.53. The van der Waals surface area contributed by atoms with E-state index >= 15 is 0 Å². The van der Waals surface area contributed by atoms with Crippen molar-refractivity contribution in [1.82, 2.24) is 14.8 Å². The summed E-state index contributed by atoms with van der Waals surface area (Å²) >= 11 is 0. The van der Waals surface area contributed by atoms with Crippen LogP contribution in [-0.2, 0) is 0 Å². The summed E-state index contributed by atoms with van der Waals surface area (Å²) in [6, 6.07) is 21.2. The van der Waals surface area contributed by atoms with Gasteiger partial charge in [-0.05, 0) is 38.1 Å². The first kappa shape index (κ1) is 16.0. The van der Waals surface area contributed by atoms with Crippen molar-refractivity contribution in [3.05, 3.63) is 83.8 Å². The predicted octanol–water partition coefficient (Wildman–Crippen LogP) is 4.29. The highest BCUT2D eigenvalue weighted by molar-refractivity contribution is 6.04. The molecule has 0 bridgehead atoms. The third-order valence-electron chi connectivity index (χ3n) is 4.36. The van der Waals surface area contributed by atoms with E-state index in [0.29, 0.717) is 11.4 Å². The summed E-state index contributed by atoms with van der Waals surface area (Å²) in [5.41, 5.74) is 4.50. The van der Waals surface area contributed by atoms with Crippen LogP contribution in [0.3, 0.4) is 0 Å². The number of carbonyl (C=O) groups is 1. The number of aromatic nitrogens is 3. The Morgan fingerprint density at radius 1 is 0.923 bits per heavy atom. The fourth-order valence-corrected chi connectivity index (χ4v) is 3.01. The van der Waals surface area contributed by atoms with Crippen LogP contribution in [0.15, 0.2) is 66.7 Å². The standard InChI is InChI=1S/C21H18N4O/c1-14-20(15(2)25(24-14)17-9-4-3-5-10-17)23-21(26)19-13-12-16-8-6-7-11-18(16)22-19/h3-13H,1-2H3,(H,23,26). The molecule has 2 aromatic carbocycles. The van der Waals surface area contributed by atoms with E-state index in [1.165, 1.54) is 0 Å². The molecule has 4 rings (SSSR count). The molecule has 1 N–H and O–H groups in total. The van der Waals surface area contributed by atoms with Gasteiger partial charge in [0.1, 0.15) is 5.69 Å². The molecule has 128 valence electrons. The molecular formula is C21H18N4O. The van der Waals surface area contributed by atoms with E-state index in [2.05, 4.69) is 15.4 Å². The van der Waals surface area contributed by atoms with Crippen LogP contribution in [0, 0.1) is 13.8 Å². The summed E-state index contributed by atoms with van der Waals surface area (Å²) in [5.74, 6) is -0.241. The number of anilines is 1. The number of fused-ring (bicyclic) bond motifs is 1. The second kappa shape index (κ2) is 6.44. The van der Waals surface area contributed by atoms with Gasteiger partial charge in [0.2, 0.25) is 0 Å². The van der Waals surface area contributed by atoms with Crippen LogP contribution in [0.2, 0.25) is 0 Å². The van der Waals surface area contributed by atoms with Crippen molar-refractivity contribution in [1.29, 1.82) is 0 Å². The number of amides is 1. The third-order valence-corrected chi connectivity index (χ3v) is 4.36. The van der Waals surface area contributed by atoms with Gasteiger partial charge in [-0.1, -0.05) is 42.5 Å². The van der Waals surface area contributed by atoms with Gasteiger partial charge >= 0.3 is 0 Å². The van der Waals surface area contributed by atoms with Gasteiger partial charge in [0.15, 0.2) is 0 Å². The first-order valence-electron chi connectivity index (χ1n) is 8.42. The maximum absolute atomic E-state index is 12.7. The van der Waals surface area contributed by atoms with E-state index in [-0.39, 0.29) is 5.91 Å². The quantitative estimate of drug-likeness (QED) is 0.604. The topological polar surface area (TPSA) is 59.8 Å². The van der Waals surface area contributed by atoms with Crippen LogP contribution in [0.4, 0.5) is 5.69 Å². The van der Waals surface area contributed by atoms with E-state index in [0.717, 1.165) is 28.0 Å². The zero-order valence-corrected chi connectivity index (χ0v) is 14.6. The summed E-state index contributed by atoms with van der Waals surface area (Å²) < 4.78 is 1.83. The molecule has 2 heterocycles. The lowest BCUT2D eigenvalue weighted by Gasteiger charge is -2.07. The molecule has 1 amide bonds. The van der Waals surface area contributed by atoms with Crippen LogP contribution >= 0.6 is 0 Å². The fourth-order valence-electron chi connectivity index (χ4n) is 3.01. The third kappa shape index (κ3) is 2.84. The average Bonchev–Trinajstić information content (AvgIpc) is 2.96. The van der Waals surface area contributed by atoms with E-state index in [1.807, 2.05) is 79.2 Å². The minimum absolute atomic E-state index is 0.241. The molecule has 5 nitrogen and oxygen atoms in total. The minimum atomic E-state index is -0.241. The maximum atomic E-state index is 12.7. The van der Waals surface area contributed by atoms with Crippen molar-refractivity contribution >= 4 is 22.5 Å². The summed E-state index contributed by atoms with van der Waals surface area (Å²) in [6.07, 6.45) is 0. The highest BCUT2D eigenvalue weighted by Gasteiger charge is 2.17. The Hall–Kier alpha value is -3.47. The molecule has 2 aromatic heterocycles. The normalized spacial score (nSPS) is 10.8. The van der Waals surface area contributed by atoms with Gasteiger partial charge in [0, 0.05) is 5.39 Å². The Kier molecular flexibility index (Phi) is 3.97. The number of hydrogen-bond donors (Lipinski definition) is 1. The molecule has 0 aliphatic rings. The molecular weight excluding hydrogens is 324 g/mol. The second-order valence-corrected chi connectivity index (χ2v) is 6.14. The van der Waals surface area contributed by atoms with Crippen molar-refractivity contribution in [3.63, 3.8) is 0 Å². The summed E-state index contributed by atoms with van der Waals surface area (Å²) in [4.78, 5) is 17.2. The zero-order chi connectivity index (χ0) is 18.1. The van der Waals surface area contributed by atoms with Crippen molar-refractivity contribution in [3.8, 4) is 5.69 Å². The number of carbonyl (C=O) groups excluding carboxylic acids is 1. The van der Waals surface area contributed by atoms with Crippen molar-refractivity contribution in [2.45, 2.75) is 13.8 Å². The van der Waals surface area contributed by atoms with Gasteiger partial charge < -0.3 is 5.32 Å². The van der Waals surface area contributed by atoms with E-state index in [9.17, 15) is 4.79 Å². The van der Waals surface area contributed by atoms with Gasteiger partial charge in [-0.2, -0.15) is 5.10 Å². The number of benzene rings is 2. The number of aryl methyl sites for hydroxylation is 1. The molecule has 0 aliphatic carbocycles. The Labute approximate surface area is 151 Å². The van der Waals surface area contributed by atoms with Gasteiger partial charge in [0.05, 0.1) is 28.3 Å². The Balaban J connectivity index is 1.66.